The van der Waals surface area contributed by atoms with Crippen molar-refractivity contribution in [2.75, 3.05) is 0 Å². The molecular weight excluding hydrogens is 428 g/mol. The molecule has 0 radical (unpaired) electrons. The maximum absolute atomic E-state index is 13.7. The number of fused-ring (bicyclic) bond motifs is 12. The molecule has 3 aliphatic carbocycles. The van der Waals surface area contributed by atoms with Gasteiger partial charge in [0.2, 0.25) is 0 Å². The molecule has 0 aromatic heterocycles. The van der Waals surface area contributed by atoms with E-state index in [1.165, 1.54) is 27.8 Å². The Morgan fingerprint density at radius 1 is 0.343 bits per heavy atom. The molecule has 0 saturated carbocycles. The fourth-order valence-corrected chi connectivity index (χ4v) is 6.68. The van der Waals surface area contributed by atoms with Gasteiger partial charge in [-0.3, -0.25) is 9.59 Å². The Kier molecular flexibility index (Phi) is 3.39. The zero-order valence-electron chi connectivity index (χ0n) is 18.7. The van der Waals surface area contributed by atoms with E-state index in [4.69, 9.17) is 0 Å². The lowest BCUT2D eigenvalue weighted by Crippen LogP contribution is -2.27. The van der Waals surface area contributed by atoms with Gasteiger partial charge in [0.1, 0.15) is 0 Å². The van der Waals surface area contributed by atoms with Gasteiger partial charge in [-0.15, -0.1) is 0 Å². The first-order valence-corrected chi connectivity index (χ1v) is 11.9. The SMILES string of the molecule is O=C1c2ccccc2C(=O)c2cc3c(cc21)-c1ccccc1C31c2ccccc2-c2ccccc21. The zero-order valence-corrected chi connectivity index (χ0v) is 18.7. The van der Waals surface area contributed by atoms with Crippen LogP contribution in [0, 0.1) is 0 Å². The Balaban J connectivity index is 1.53. The summed E-state index contributed by atoms with van der Waals surface area (Å²) in [6.07, 6.45) is 0. The third kappa shape index (κ3) is 2.07. The van der Waals surface area contributed by atoms with Crippen LogP contribution in [0.5, 0.6) is 0 Å². The number of carbonyl (C=O) groups excluding carboxylic acids is 2. The van der Waals surface area contributed by atoms with Crippen LogP contribution in [-0.2, 0) is 5.41 Å². The molecule has 0 N–H and O–H groups in total. The topological polar surface area (TPSA) is 34.1 Å². The highest BCUT2D eigenvalue weighted by atomic mass is 16.1. The molecule has 0 aliphatic heterocycles. The molecule has 1 spiro atoms. The molecule has 0 saturated heterocycles. The summed E-state index contributed by atoms with van der Waals surface area (Å²) in [5.74, 6) is -0.160. The van der Waals surface area contributed by atoms with E-state index in [9.17, 15) is 9.59 Å². The summed E-state index contributed by atoms with van der Waals surface area (Å²) in [6.45, 7) is 0. The lowest BCUT2D eigenvalue weighted by atomic mass is 9.69. The second-order valence-corrected chi connectivity index (χ2v) is 9.53. The summed E-state index contributed by atoms with van der Waals surface area (Å²) in [4.78, 5) is 27.2. The average Bonchev–Trinajstić information content (AvgIpc) is 3.38. The van der Waals surface area contributed by atoms with Crippen LogP contribution in [0.25, 0.3) is 22.3 Å². The number of hydrogen-bond acceptors (Lipinski definition) is 2. The van der Waals surface area contributed by atoms with E-state index >= 15 is 0 Å². The molecule has 5 aromatic rings. The molecular formula is C33H18O2. The van der Waals surface area contributed by atoms with E-state index < -0.39 is 5.41 Å². The molecule has 162 valence electrons. The Bertz CT molecular complexity index is 1740. The van der Waals surface area contributed by atoms with Crippen molar-refractivity contribution in [1.82, 2.24) is 0 Å². The van der Waals surface area contributed by atoms with Gasteiger partial charge in [-0.25, -0.2) is 0 Å². The molecule has 0 bridgehead atoms. The van der Waals surface area contributed by atoms with Crippen LogP contribution in [-0.4, -0.2) is 11.6 Å². The highest BCUT2D eigenvalue weighted by Crippen LogP contribution is 2.63. The van der Waals surface area contributed by atoms with Crippen molar-refractivity contribution in [3.63, 3.8) is 0 Å². The maximum atomic E-state index is 13.7. The van der Waals surface area contributed by atoms with Crippen molar-refractivity contribution >= 4 is 11.6 Å². The van der Waals surface area contributed by atoms with Gasteiger partial charge in [0, 0.05) is 22.3 Å². The molecule has 35 heavy (non-hydrogen) atoms. The van der Waals surface area contributed by atoms with Crippen LogP contribution in [0.1, 0.15) is 54.1 Å². The normalized spacial score (nSPS) is 15.2. The molecule has 0 heterocycles. The van der Waals surface area contributed by atoms with Crippen LogP contribution < -0.4 is 0 Å². The van der Waals surface area contributed by atoms with E-state index in [2.05, 4.69) is 72.8 Å². The van der Waals surface area contributed by atoms with Crippen molar-refractivity contribution in [2.45, 2.75) is 5.41 Å². The van der Waals surface area contributed by atoms with Gasteiger partial charge < -0.3 is 0 Å². The summed E-state index contributed by atoms with van der Waals surface area (Å²) >= 11 is 0. The minimum Gasteiger partial charge on any atom is -0.289 e. The molecule has 2 nitrogen and oxygen atoms in total. The second kappa shape index (κ2) is 6.31. The van der Waals surface area contributed by atoms with Gasteiger partial charge in [0.15, 0.2) is 11.6 Å². The lowest BCUT2D eigenvalue weighted by molar-refractivity contribution is 0.0979. The predicted molar refractivity (Wildman–Crippen MR) is 136 cm³/mol. The van der Waals surface area contributed by atoms with Gasteiger partial charge in [-0.1, -0.05) is 97.1 Å². The summed E-state index contributed by atoms with van der Waals surface area (Å²) in [7, 11) is 0. The lowest BCUT2D eigenvalue weighted by Gasteiger charge is -2.31. The summed E-state index contributed by atoms with van der Waals surface area (Å²) in [5, 5.41) is 0. The van der Waals surface area contributed by atoms with Crippen LogP contribution in [0.4, 0.5) is 0 Å². The third-order valence-corrected chi connectivity index (χ3v) is 8.04. The largest absolute Gasteiger partial charge is 0.289 e. The maximum Gasteiger partial charge on any atom is 0.194 e. The second-order valence-electron chi connectivity index (χ2n) is 9.53. The van der Waals surface area contributed by atoms with Gasteiger partial charge in [0.25, 0.3) is 0 Å². The van der Waals surface area contributed by atoms with Crippen molar-refractivity contribution in [3.8, 4) is 22.3 Å². The molecule has 5 aromatic carbocycles. The van der Waals surface area contributed by atoms with Crippen LogP contribution in [0.3, 0.4) is 0 Å². The van der Waals surface area contributed by atoms with Crippen LogP contribution in [0.15, 0.2) is 109 Å². The average molecular weight is 447 g/mol. The summed E-state index contributed by atoms with van der Waals surface area (Å²) in [5.41, 5.74) is 10.8. The predicted octanol–water partition coefficient (Wildman–Crippen LogP) is 6.81. The monoisotopic (exact) mass is 446 g/mol. The Morgan fingerprint density at radius 2 is 0.714 bits per heavy atom. The summed E-state index contributed by atoms with van der Waals surface area (Å²) < 4.78 is 0. The number of ketones is 2. The molecule has 0 atom stereocenters. The number of hydrogen-bond donors (Lipinski definition) is 0. The Labute approximate surface area is 202 Å². The summed E-state index contributed by atoms with van der Waals surface area (Å²) in [6, 6.07) is 36.8. The van der Waals surface area contributed by atoms with Crippen LogP contribution >= 0.6 is 0 Å². The van der Waals surface area contributed by atoms with Gasteiger partial charge in [0.05, 0.1) is 5.41 Å². The van der Waals surface area contributed by atoms with Crippen molar-refractivity contribution in [3.05, 3.63) is 154 Å². The number of rotatable bonds is 0. The number of benzene rings is 5. The molecule has 0 amide bonds. The molecule has 3 aliphatic rings. The molecule has 2 heteroatoms. The molecule has 8 rings (SSSR count). The molecule has 0 unspecified atom stereocenters. The Hall–Kier alpha value is -4.56. The van der Waals surface area contributed by atoms with E-state index in [0.717, 1.165) is 16.7 Å². The van der Waals surface area contributed by atoms with E-state index in [0.29, 0.717) is 22.3 Å². The number of carbonyl (C=O) groups is 2. The molecule has 0 fully saturated rings. The van der Waals surface area contributed by atoms with Gasteiger partial charge in [-0.05, 0) is 56.6 Å². The minimum absolute atomic E-state index is 0.0799. The van der Waals surface area contributed by atoms with Gasteiger partial charge in [-0.2, -0.15) is 0 Å². The minimum atomic E-state index is -0.519. The highest BCUT2D eigenvalue weighted by Gasteiger charge is 2.52. The van der Waals surface area contributed by atoms with Crippen molar-refractivity contribution in [1.29, 1.82) is 0 Å². The van der Waals surface area contributed by atoms with E-state index in [-0.39, 0.29) is 11.6 Å². The first kappa shape index (κ1) is 18.8. The van der Waals surface area contributed by atoms with Gasteiger partial charge >= 0.3 is 0 Å². The quantitative estimate of drug-likeness (QED) is 0.257. The highest BCUT2D eigenvalue weighted by molar-refractivity contribution is 6.29. The Morgan fingerprint density at radius 3 is 1.20 bits per heavy atom. The fourth-order valence-electron chi connectivity index (χ4n) is 6.68. The fraction of sp³-hybridized carbons (Fsp3) is 0.0303. The zero-order chi connectivity index (χ0) is 23.3. The van der Waals surface area contributed by atoms with Crippen LogP contribution in [0.2, 0.25) is 0 Å². The van der Waals surface area contributed by atoms with E-state index in [1.54, 1.807) is 12.1 Å². The third-order valence-electron chi connectivity index (χ3n) is 8.04. The van der Waals surface area contributed by atoms with Crippen molar-refractivity contribution < 1.29 is 9.59 Å². The van der Waals surface area contributed by atoms with Crippen molar-refractivity contribution in [2.24, 2.45) is 0 Å². The first-order chi connectivity index (χ1) is 17.2. The standard InChI is InChI=1S/C33H18O2/c34-31-22-12-1-2-13-23(22)32(35)26-18-30-24(17-25(26)31)21-11-5-8-16-29(21)33(30)27-14-6-3-9-19(27)20-10-4-7-15-28(20)33/h1-18H. The first-order valence-electron chi connectivity index (χ1n) is 11.9. The smallest absolute Gasteiger partial charge is 0.194 e. The van der Waals surface area contributed by atoms with E-state index in [1.807, 2.05) is 24.3 Å².